The van der Waals surface area contributed by atoms with Crippen LogP contribution in [0.2, 0.25) is 0 Å². The van der Waals surface area contributed by atoms with Crippen LogP contribution in [0.1, 0.15) is 26.3 Å². The van der Waals surface area contributed by atoms with Gasteiger partial charge in [-0.25, -0.2) is 4.90 Å². The normalized spacial score (nSPS) is 14.4. The van der Waals surface area contributed by atoms with Crippen LogP contribution < -0.4 is 9.64 Å². The summed E-state index contributed by atoms with van der Waals surface area (Å²) in [5.74, 6) is -0.254. The summed E-state index contributed by atoms with van der Waals surface area (Å²) in [7, 11) is 0. The second-order valence-corrected chi connectivity index (χ2v) is 8.67. The average molecular weight is 459 g/mol. The molecular weight excluding hydrogens is 436 g/mol. The van der Waals surface area contributed by atoms with Crippen molar-refractivity contribution in [2.75, 3.05) is 4.90 Å². The van der Waals surface area contributed by atoms with Crippen LogP contribution in [0.25, 0.3) is 27.4 Å². The summed E-state index contributed by atoms with van der Waals surface area (Å²) >= 11 is 6.40. The summed E-state index contributed by atoms with van der Waals surface area (Å²) < 4.78 is 7.89. The van der Waals surface area contributed by atoms with Gasteiger partial charge in [0.2, 0.25) is 0 Å². The molecule has 0 saturated heterocycles. The van der Waals surface area contributed by atoms with Gasteiger partial charge in [-0.2, -0.15) is 0 Å². The lowest BCUT2D eigenvalue weighted by Gasteiger charge is -2.15. The van der Waals surface area contributed by atoms with Crippen LogP contribution in [-0.4, -0.2) is 22.5 Å². The van der Waals surface area contributed by atoms with E-state index in [0.717, 1.165) is 33.3 Å². The van der Waals surface area contributed by atoms with Crippen LogP contribution >= 0.6 is 11.6 Å². The summed E-state index contributed by atoms with van der Waals surface area (Å²) in [5, 5.41) is 1.99. The van der Waals surface area contributed by atoms with Gasteiger partial charge in [0.25, 0.3) is 11.8 Å². The van der Waals surface area contributed by atoms with E-state index in [1.165, 1.54) is 0 Å². The first kappa shape index (κ1) is 21.3. The predicted octanol–water partition coefficient (Wildman–Crippen LogP) is 6.12. The molecule has 6 heteroatoms. The molecule has 1 aliphatic heterocycles. The minimum atomic E-state index is -0.516. The van der Waals surface area contributed by atoms with Crippen molar-refractivity contribution >= 4 is 56.5 Å². The van der Waals surface area contributed by atoms with Crippen molar-refractivity contribution in [1.29, 1.82) is 0 Å². The van der Waals surface area contributed by atoms with E-state index in [2.05, 4.69) is 23.6 Å². The highest BCUT2D eigenvalue weighted by molar-refractivity contribution is 6.60. The molecular formula is C27H23ClN2O3. The fourth-order valence-electron chi connectivity index (χ4n) is 4.48. The number of nitrogens with zero attached hydrogens (tertiary/aromatic N) is 2. The molecule has 4 aromatic rings. The number of carbonyl (C=O) groups is 2. The number of anilines is 1. The van der Waals surface area contributed by atoms with Crippen molar-refractivity contribution in [3.05, 3.63) is 77.3 Å². The minimum Gasteiger partial charge on any atom is -0.491 e. The number of rotatable bonds is 5. The third kappa shape index (κ3) is 3.40. The molecule has 2 amide bonds. The van der Waals surface area contributed by atoms with Crippen LogP contribution in [0.15, 0.2) is 71.8 Å². The van der Waals surface area contributed by atoms with Crippen molar-refractivity contribution in [2.45, 2.75) is 33.4 Å². The van der Waals surface area contributed by atoms with Gasteiger partial charge in [0.15, 0.2) is 0 Å². The summed E-state index contributed by atoms with van der Waals surface area (Å²) in [4.78, 5) is 27.6. The molecule has 166 valence electrons. The monoisotopic (exact) mass is 458 g/mol. The second-order valence-electron chi connectivity index (χ2n) is 8.29. The number of fused-ring (bicyclic) bond motifs is 3. The summed E-state index contributed by atoms with van der Waals surface area (Å²) in [6.07, 6.45) is 0.0393. The number of benzene rings is 3. The highest BCUT2D eigenvalue weighted by atomic mass is 35.5. The number of halogens is 1. The Morgan fingerprint density at radius 2 is 1.58 bits per heavy atom. The minimum absolute atomic E-state index is 0.0393. The first-order valence-corrected chi connectivity index (χ1v) is 11.3. The van der Waals surface area contributed by atoms with E-state index >= 15 is 0 Å². The van der Waals surface area contributed by atoms with Gasteiger partial charge in [0.05, 0.1) is 17.4 Å². The number of aromatic nitrogens is 1. The van der Waals surface area contributed by atoms with Gasteiger partial charge in [-0.05, 0) is 62.7 Å². The zero-order valence-corrected chi connectivity index (χ0v) is 19.4. The van der Waals surface area contributed by atoms with Crippen molar-refractivity contribution in [3.63, 3.8) is 0 Å². The van der Waals surface area contributed by atoms with Gasteiger partial charge in [0.1, 0.15) is 10.8 Å². The first-order chi connectivity index (χ1) is 15.9. The first-order valence-electron chi connectivity index (χ1n) is 11.0. The van der Waals surface area contributed by atoms with Crippen molar-refractivity contribution < 1.29 is 14.3 Å². The van der Waals surface area contributed by atoms with Crippen LogP contribution in [0, 0.1) is 0 Å². The number of hydrogen-bond acceptors (Lipinski definition) is 3. The van der Waals surface area contributed by atoms with E-state index in [0.29, 0.717) is 17.0 Å². The molecule has 5 nitrogen and oxygen atoms in total. The highest BCUT2D eigenvalue weighted by Gasteiger charge is 2.39. The van der Waals surface area contributed by atoms with Crippen LogP contribution in [0.3, 0.4) is 0 Å². The van der Waals surface area contributed by atoms with E-state index in [1.807, 2.05) is 38.1 Å². The van der Waals surface area contributed by atoms with E-state index in [-0.39, 0.29) is 16.7 Å². The van der Waals surface area contributed by atoms with E-state index in [1.54, 1.807) is 30.3 Å². The zero-order valence-electron chi connectivity index (χ0n) is 18.6. The Morgan fingerprint density at radius 3 is 2.27 bits per heavy atom. The Kier molecular flexibility index (Phi) is 5.22. The maximum atomic E-state index is 13.4. The lowest BCUT2D eigenvalue weighted by atomic mass is 10.1. The number of para-hydroxylation sites is 1. The lowest BCUT2D eigenvalue weighted by molar-refractivity contribution is -0.119. The van der Waals surface area contributed by atoms with Gasteiger partial charge in [-0.15, -0.1) is 0 Å². The Labute approximate surface area is 196 Å². The molecule has 0 saturated carbocycles. The van der Waals surface area contributed by atoms with Gasteiger partial charge in [0, 0.05) is 28.4 Å². The summed E-state index contributed by atoms with van der Waals surface area (Å²) in [6, 6.07) is 20.8. The molecule has 2 heterocycles. The number of carbonyl (C=O) groups excluding carboxylic acids is 2. The fraction of sp³-hybridized carbons (Fsp3) is 0.185. The van der Waals surface area contributed by atoms with Gasteiger partial charge in [-0.3, -0.25) is 9.59 Å². The molecule has 1 aromatic heterocycles. The molecule has 0 bridgehead atoms. The molecule has 0 fully saturated rings. The van der Waals surface area contributed by atoms with Crippen LogP contribution in [0.4, 0.5) is 5.69 Å². The number of imide groups is 1. The molecule has 0 aliphatic carbocycles. The van der Waals surface area contributed by atoms with Gasteiger partial charge in [-0.1, -0.05) is 41.9 Å². The molecule has 3 aromatic carbocycles. The predicted molar refractivity (Wildman–Crippen MR) is 133 cm³/mol. The average Bonchev–Trinajstić information content (AvgIpc) is 3.24. The number of aryl methyl sites for hydroxylation is 1. The molecule has 0 spiro atoms. The molecule has 1 aliphatic rings. The molecule has 5 rings (SSSR count). The van der Waals surface area contributed by atoms with Crippen LogP contribution in [0.5, 0.6) is 5.75 Å². The van der Waals surface area contributed by atoms with Crippen molar-refractivity contribution in [1.82, 2.24) is 4.57 Å². The molecule has 0 N–H and O–H groups in total. The third-order valence-electron chi connectivity index (χ3n) is 5.87. The van der Waals surface area contributed by atoms with Crippen molar-refractivity contribution in [3.8, 4) is 5.75 Å². The van der Waals surface area contributed by atoms with Gasteiger partial charge >= 0.3 is 0 Å². The highest BCUT2D eigenvalue weighted by Crippen LogP contribution is 2.38. The fourth-order valence-corrected chi connectivity index (χ4v) is 4.76. The standard InChI is InChI=1S/C27H23ClN2O3/c1-4-29-22-8-6-5-7-20(22)21-15-18(11-14-23(21)29)30-26(31)24(25(28)27(30)32)17-9-12-19(13-10-17)33-16(2)3/h5-16H,4H2,1-3H3. The maximum Gasteiger partial charge on any atom is 0.277 e. The molecule has 0 radical (unpaired) electrons. The summed E-state index contributed by atoms with van der Waals surface area (Å²) in [5.41, 5.74) is 3.47. The van der Waals surface area contributed by atoms with E-state index in [4.69, 9.17) is 16.3 Å². The maximum absolute atomic E-state index is 13.4. The van der Waals surface area contributed by atoms with E-state index < -0.39 is 11.8 Å². The Balaban J connectivity index is 1.55. The number of amides is 2. The largest absolute Gasteiger partial charge is 0.491 e. The summed E-state index contributed by atoms with van der Waals surface area (Å²) in [6.45, 7) is 6.80. The van der Waals surface area contributed by atoms with Crippen LogP contribution in [-0.2, 0) is 16.1 Å². The van der Waals surface area contributed by atoms with Crippen molar-refractivity contribution in [2.24, 2.45) is 0 Å². The Morgan fingerprint density at radius 1 is 0.879 bits per heavy atom. The smallest absolute Gasteiger partial charge is 0.277 e. The topological polar surface area (TPSA) is 51.5 Å². The molecule has 0 unspecified atom stereocenters. The zero-order chi connectivity index (χ0) is 23.3. The molecule has 33 heavy (non-hydrogen) atoms. The number of hydrogen-bond donors (Lipinski definition) is 0. The molecule has 0 atom stereocenters. The lowest BCUT2D eigenvalue weighted by Crippen LogP contribution is -2.31. The Hall–Kier alpha value is -3.57. The quantitative estimate of drug-likeness (QED) is 0.338. The van der Waals surface area contributed by atoms with E-state index in [9.17, 15) is 9.59 Å². The Bertz CT molecular complexity index is 1450. The SMILES string of the molecule is CCn1c2ccccc2c2cc(N3C(=O)C(Cl)=C(c4ccc(OC(C)C)cc4)C3=O)ccc21. The number of ether oxygens (including phenoxy) is 1. The second kappa shape index (κ2) is 8.09. The third-order valence-corrected chi connectivity index (χ3v) is 6.22. The van der Waals surface area contributed by atoms with Gasteiger partial charge < -0.3 is 9.30 Å².